The van der Waals surface area contributed by atoms with Crippen LogP contribution in [0.5, 0.6) is 0 Å². The molecule has 0 spiro atoms. The molecule has 0 aromatic heterocycles. The van der Waals surface area contributed by atoms with Gasteiger partial charge in [0.2, 0.25) is 0 Å². The largest absolute Gasteiger partial charge is 0.377 e. The first-order valence-corrected chi connectivity index (χ1v) is 6.38. The molecule has 0 amide bonds. The van der Waals surface area contributed by atoms with Crippen molar-refractivity contribution in [1.29, 1.82) is 0 Å². The quantitative estimate of drug-likeness (QED) is 0.772. The summed E-state index contributed by atoms with van der Waals surface area (Å²) >= 11 is 0. The Hall–Kier alpha value is -0.120. The first-order valence-electron chi connectivity index (χ1n) is 6.38. The molecule has 0 radical (unpaired) electrons. The molecule has 1 rings (SSSR count). The minimum Gasteiger partial charge on any atom is -0.377 e. The van der Waals surface area contributed by atoms with Crippen LogP contribution in [0.15, 0.2) is 0 Å². The second kappa shape index (κ2) is 5.03. The average Bonchev–Trinajstić information content (AvgIpc) is 2.46. The number of hydrogen-bond acceptors (Lipinski definition) is 3. The zero-order valence-corrected chi connectivity index (χ0v) is 11.5. The Kier molecular flexibility index (Phi) is 4.38. The molecule has 0 aromatic carbocycles. The normalized spacial score (nSPS) is 33.0. The van der Waals surface area contributed by atoms with Crippen LogP contribution in [0.2, 0.25) is 0 Å². The SMILES string of the molecule is CC1OCCC1(C)NCCC(N)C(C)(C)C. The second-order valence-electron chi connectivity index (χ2n) is 6.37. The summed E-state index contributed by atoms with van der Waals surface area (Å²) < 4.78 is 5.60. The molecule has 96 valence electrons. The van der Waals surface area contributed by atoms with E-state index in [0.717, 1.165) is 26.0 Å². The highest BCUT2D eigenvalue weighted by Crippen LogP contribution is 2.25. The molecule has 0 aliphatic carbocycles. The lowest BCUT2D eigenvalue weighted by Gasteiger charge is -2.32. The topological polar surface area (TPSA) is 47.3 Å². The third kappa shape index (κ3) is 3.44. The van der Waals surface area contributed by atoms with Crippen LogP contribution >= 0.6 is 0 Å². The van der Waals surface area contributed by atoms with Gasteiger partial charge in [-0.15, -0.1) is 0 Å². The summed E-state index contributed by atoms with van der Waals surface area (Å²) in [5.74, 6) is 0. The number of hydrogen-bond donors (Lipinski definition) is 2. The van der Waals surface area contributed by atoms with Gasteiger partial charge >= 0.3 is 0 Å². The molecule has 0 bridgehead atoms. The Labute approximate surface area is 100 Å². The second-order valence-corrected chi connectivity index (χ2v) is 6.37. The number of nitrogens with one attached hydrogen (secondary N) is 1. The van der Waals surface area contributed by atoms with Gasteiger partial charge in [-0.2, -0.15) is 0 Å². The third-order valence-electron chi connectivity index (χ3n) is 3.98. The molecule has 1 fully saturated rings. The number of ether oxygens (including phenoxy) is 1. The van der Waals surface area contributed by atoms with E-state index in [1.165, 1.54) is 0 Å². The summed E-state index contributed by atoms with van der Waals surface area (Å²) in [6, 6.07) is 0.251. The monoisotopic (exact) mass is 228 g/mol. The number of rotatable bonds is 4. The van der Waals surface area contributed by atoms with Gasteiger partial charge in [0.25, 0.3) is 0 Å². The fraction of sp³-hybridized carbons (Fsp3) is 1.00. The number of nitrogens with two attached hydrogens (primary N) is 1. The summed E-state index contributed by atoms with van der Waals surface area (Å²) in [6.45, 7) is 12.8. The smallest absolute Gasteiger partial charge is 0.0726 e. The van der Waals surface area contributed by atoms with E-state index in [1.807, 2.05) is 0 Å². The Morgan fingerprint density at radius 3 is 2.56 bits per heavy atom. The van der Waals surface area contributed by atoms with Crippen LogP contribution in [0.3, 0.4) is 0 Å². The molecule has 1 heterocycles. The molecular formula is C13H28N2O. The maximum Gasteiger partial charge on any atom is 0.0726 e. The van der Waals surface area contributed by atoms with E-state index in [-0.39, 0.29) is 17.0 Å². The molecule has 3 unspecified atom stereocenters. The van der Waals surface area contributed by atoms with Crippen molar-refractivity contribution < 1.29 is 4.74 Å². The Bertz CT molecular complexity index is 224. The first-order chi connectivity index (χ1) is 7.26. The van der Waals surface area contributed by atoms with Crippen molar-refractivity contribution in [2.45, 2.75) is 65.1 Å². The van der Waals surface area contributed by atoms with Crippen molar-refractivity contribution in [2.24, 2.45) is 11.1 Å². The fourth-order valence-corrected chi connectivity index (χ4v) is 2.01. The molecular weight excluding hydrogens is 200 g/mol. The van der Waals surface area contributed by atoms with Crippen LogP contribution in [0.1, 0.15) is 47.5 Å². The van der Waals surface area contributed by atoms with Crippen LogP contribution < -0.4 is 11.1 Å². The Balaban J connectivity index is 2.30. The fourth-order valence-electron chi connectivity index (χ4n) is 2.01. The van der Waals surface area contributed by atoms with Gasteiger partial charge < -0.3 is 15.8 Å². The van der Waals surface area contributed by atoms with E-state index in [0.29, 0.717) is 6.10 Å². The molecule has 0 saturated carbocycles. The van der Waals surface area contributed by atoms with Crippen molar-refractivity contribution in [3.63, 3.8) is 0 Å². The lowest BCUT2D eigenvalue weighted by atomic mass is 9.85. The maximum absolute atomic E-state index is 6.14. The maximum atomic E-state index is 6.14. The molecule has 3 N–H and O–H groups in total. The molecule has 1 aliphatic heterocycles. The molecule has 3 heteroatoms. The van der Waals surface area contributed by atoms with Crippen molar-refractivity contribution in [3.05, 3.63) is 0 Å². The molecule has 1 saturated heterocycles. The van der Waals surface area contributed by atoms with Gasteiger partial charge in [0.15, 0.2) is 0 Å². The van der Waals surface area contributed by atoms with Crippen molar-refractivity contribution in [1.82, 2.24) is 5.32 Å². The van der Waals surface area contributed by atoms with E-state index >= 15 is 0 Å². The molecule has 0 aromatic rings. The predicted octanol–water partition coefficient (Wildman–Crippen LogP) is 1.91. The molecule has 3 atom stereocenters. The summed E-state index contributed by atoms with van der Waals surface area (Å²) in [5.41, 5.74) is 6.47. The minimum absolute atomic E-state index is 0.137. The van der Waals surface area contributed by atoms with Crippen LogP contribution in [-0.4, -0.2) is 30.8 Å². The third-order valence-corrected chi connectivity index (χ3v) is 3.98. The lowest BCUT2D eigenvalue weighted by Crippen LogP contribution is -2.49. The lowest BCUT2D eigenvalue weighted by molar-refractivity contribution is 0.0880. The van der Waals surface area contributed by atoms with Crippen molar-refractivity contribution in [3.8, 4) is 0 Å². The molecule has 3 nitrogen and oxygen atoms in total. The van der Waals surface area contributed by atoms with Crippen LogP contribution in [-0.2, 0) is 4.74 Å². The van der Waals surface area contributed by atoms with Gasteiger partial charge in [0.05, 0.1) is 6.10 Å². The summed E-state index contributed by atoms with van der Waals surface area (Å²) in [4.78, 5) is 0. The highest BCUT2D eigenvalue weighted by molar-refractivity contribution is 4.93. The first kappa shape index (κ1) is 13.9. The van der Waals surface area contributed by atoms with Gasteiger partial charge in [-0.25, -0.2) is 0 Å². The Morgan fingerprint density at radius 2 is 2.12 bits per heavy atom. The molecule has 1 aliphatic rings. The van der Waals surface area contributed by atoms with E-state index < -0.39 is 0 Å². The van der Waals surface area contributed by atoms with Gasteiger partial charge in [0, 0.05) is 18.2 Å². The summed E-state index contributed by atoms with van der Waals surface area (Å²) in [5, 5.41) is 3.61. The predicted molar refractivity (Wildman–Crippen MR) is 68.5 cm³/mol. The van der Waals surface area contributed by atoms with Crippen molar-refractivity contribution in [2.75, 3.05) is 13.2 Å². The van der Waals surface area contributed by atoms with Gasteiger partial charge in [-0.05, 0) is 38.6 Å². The zero-order valence-electron chi connectivity index (χ0n) is 11.5. The Morgan fingerprint density at radius 1 is 1.50 bits per heavy atom. The van der Waals surface area contributed by atoms with Crippen LogP contribution in [0.25, 0.3) is 0 Å². The zero-order chi connectivity index (χ0) is 12.4. The van der Waals surface area contributed by atoms with Gasteiger partial charge in [-0.1, -0.05) is 20.8 Å². The van der Waals surface area contributed by atoms with Gasteiger partial charge in [0.1, 0.15) is 0 Å². The average molecular weight is 228 g/mol. The van der Waals surface area contributed by atoms with Crippen LogP contribution in [0.4, 0.5) is 0 Å². The van der Waals surface area contributed by atoms with E-state index in [9.17, 15) is 0 Å². The van der Waals surface area contributed by atoms with E-state index in [2.05, 4.69) is 39.9 Å². The van der Waals surface area contributed by atoms with Crippen LogP contribution in [0, 0.1) is 5.41 Å². The standard InChI is InChI=1S/C13H28N2O/c1-10-13(5,7-9-16-10)15-8-6-11(14)12(2,3)4/h10-11,15H,6-9,14H2,1-5H3. The van der Waals surface area contributed by atoms with E-state index in [4.69, 9.17) is 10.5 Å². The summed E-state index contributed by atoms with van der Waals surface area (Å²) in [7, 11) is 0. The highest BCUT2D eigenvalue weighted by Gasteiger charge is 2.36. The van der Waals surface area contributed by atoms with Gasteiger partial charge in [-0.3, -0.25) is 0 Å². The summed E-state index contributed by atoms with van der Waals surface area (Å²) in [6.07, 6.45) is 2.42. The van der Waals surface area contributed by atoms with E-state index in [1.54, 1.807) is 0 Å². The minimum atomic E-state index is 0.137. The van der Waals surface area contributed by atoms with Crippen molar-refractivity contribution >= 4 is 0 Å². The molecule has 16 heavy (non-hydrogen) atoms. The highest BCUT2D eigenvalue weighted by atomic mass is 16.5.